The second-order valence-corrected chi connectivity index (χ2v) is 5.49. The van der Waals surface area contributed by atoms with Crippen molar-refractivity contribution >= 4 is 15.9 Å². The fraction of sp³-hybridized carbons (Fsp3) is 0.0625. The minimum atomic E-state index is -0.0129. The van der Waals surface area contributed by atoms with Crippen molar-refractivity contribution in [1.82, 2.24) is 9.36 Å². The quantitative estimate of drug-likeness (QED) is 0.706. The normalized spacial score (nSPS) is 10.7. The third-order valence-corrected chi connectivity index (χ3v) is 3.74. The Morgan fingerprint density at radius 1 is 0.950 bits per heavy atom. The number of aromatic nitrogens is 2. The Morgan fingerprint density at radius 3 is 2.25 bits per heavy atom. The van der Waals surface area contributed by atoms with Crippen LogP contribution in [0.4, 0.5) is 0 Å². The molecule has 0 atom stereocenters. The van der Waals surface area contributed by atoms with Crippen LogP contribution in [0.1, 0.15) is 0 Å². The number of hydrogen-bond acceptors (Lipinski definition) is 1. The van der Waals surface area contributed by atoms with Gasteiger partial charge in [0.1, 0.15) is 0 Å². The third-order valence-electron chi connectivity index (χ3n) is 3.21. The summed E-state index contributed by atoms with van der Waals surface area (Å²) < 4.78 is 4.47. The van der Waals surface area contributed by atoms with Gasteiger partial charge in [0.15, 0.2) is 0 Å². The average Bonchev–Trinajstić information content (AvgIpc) is 2.76. The van der Waals surface area contributed by atoms with E-state index in [2.05, 4.69) is 15.9 Å². The van der Waals surface area contributed by atoms with Gasteiger partial charge in [-0.3, -0.25) is 9.48 Å². The van der Waals surface area contributed by atoms with Crippen molar-refractivity contribution in [3.05, 3.63) is 75.6 Å². The standard InChI is InChI=1S/C16H13BrN2O/c1-18-11-15(12-5-3-2-4-6-12)16(20)19(18)14-9-7-13(17)8-10-14/h2-11H,1H3. The monoisotopic (exact) mass is 328 g/mol. The molecule has 0 spiro atoms. The third kappa shape index (κ3) is 2.23. The van der Waals surface area contributed by atoms with Crippen molar-refractivity contribution in [3.8, 4) is 16.8 Å². The highest BCUT2D eigenvalue weighted by Crippen LogP contribution is 2.17. The maximum atomic E-state index is 12.6. The summed E-state index contributed by atoms with van der Waals surface area (Å²) in [6.07, 6.45) is 1.86. The highest BCUT2D eigenvalue weighted by Gasteiger charge is 2.12. The second kappa shape index (κ2) is 5.13. The lowest BCUT2D eigenvalue weighted by Gasteiger charge is -2.06. The van der Waals surface area contributed by atoms with Gasteiger partial charge >= 0.3 is 0 Å². The van der Waals surface area contributed by atoms with E-state index in [1.165, 1.54) is 0 Å². The SMILES string of the molecule is Cn1cc(-c2ccccc2)c(=O)n1-c1ccc(Br)cc1. The van der Waals surface area contributed by atoms with E-state index in [-0.39, 0.29) is 5.56 Å². The molecule has 0 saturated carbocycles. The molecule has 100 valence electrons. The van der Waals surface area contributed by atoms with Crippen molar-refractivity contribution in [2.75, 3.05) is 0 Å². The smallest absolute Gasteiger partial charge is 0.279 e. The van der Waals surface area contributed by atoms with E-state index < -0.39 is 0 Å². The van der Waals surface area contributed by atoms with Crippen LogP contribution < -0.4 is 5.56 Å². The van der Waals surface area contributed by atoms with Gasteiger partial charge in [-0.05, 0) is 29.8 Å². The van der Waals surface area contributed by atoms with E-state index in [0.717, 1.165) is 15.7 Å². The molecule has 0 saturated heterocycles. The molecule has 3 nitrogen and oxygen atoms in total. The molecule has 0 bridgehead atoms. The van der Waals surface area contributed by atoms with Gasteiger partial charge in [-0.2, -0.15) is 0 Å². The summed E-state index contributed by atoms with van der Waals surface area (Å²) in [5.41, 5.74) is 2.48. The van der Waals surface area contributed by atoms with E-state index >= 15 is 0 Å². The van der Waals surface area contributed by atoms with Crippen LogP contribution in [0.2, 0.25) is 0 Å². The maximum Gasteiger partial charge on any atom is 0.279 e. The summed E-state index contributed by atoms with van der Waals surface area (Å²) in [4.78, 5) is 12.6. The van der Waals surface area contributed by atoms with E-state index in [1.807, 2.05) is 72.5 Å². The molecule has 20 heavy (non-hydrogen) atoms. The number of nitrogens with zero attached hydrogens (tertiary/aromatic N) is 2. The van der Waals surface area contributed by atoms with Gasteiger partial charge in [0.05, 0.1) is 11.3 Å². The number of rotatable bonds is 2. The molecule has 3 rings (SSSR count). The summed E-state index contributed by atoms with van der Waals surface area (Å²) in [6.45, 7) is 0. The highest BCUT2D eigenvalue weighted by molar-refractivity contribution is 9.10. The molecule has 0 aliphatic carbocycles. The zero-order valence-electron chi connectivity index (χ0n) is 11.0. The average molecular weight is 329 g/mol. The number of halogens is 1. The molecule has 3 aromatic rings. The Bertz CT molecular complexity index is 786. The molecule has 2 aromatic carbocycles. The highest BCUT2D eigenvalue weighted by atomic mass is 79.9. The molecule has 1 aromatic heterocycles. The lowest BCUT2D eigenvalue weighted by Crippen LogP contribution is -2.19. The van der Waals surface area contributed by atoms with Crippen LogP contribution in [0.15, 0.2) is 70.1 Å². The van der Waals surface area contributed by atoms with E-state index in [0.29, 0.717) is 5.56 Å². The van der Waals surface area contributed by atoms with E-state index in [4.69, 9.17) is 0 Å². The van der Waals surface area contributed by atoms with Crippen LogP contribution in [0.3, 0.4) is 0 Å². The number of benzene rings is 2. The molecule has 0 N–H and O–H groups in total. The minimum absolute atomic E-state index is 0.0129. The fourth-order valence-corrected chi connectivity index (χ4v) is 2.52. The first-order valence-corrected chi connectivity index (χ1v) is 7.06. The Labute approximate surface area is 125 Å². The molecule has 0 aliphatic heterocycles. The Hall–Kier alpha value is -2.07. The summed E-state index contributed by atoms with van der Waals surface area (Å²) >= 11 is 3.40. The molecule has 0 amide bonds. The molecule has 0 aliphatic rings. The molecular weight excluding hydrogens is 316 g/mol. The molecule has 4 heteroatoms. The summed E-state index contributed by atoms with van der Waals surface area (Å²) in [7, 11) is 1.87. The van der Waals surface area contributed by atoms with Crippen LogP contribution in [0, 0.1) is 0 Å². The number of aryl methyl sites for hydroxylation is 1. The van der Waals surface area contributed by atoms with Gasteiger partial charge in [-0.15, -0.1) is 0 Å². The summed E-state index contributed by atoms with van der Waals surface area (Å²) in [5, 5.41) is 0. The molecule has 0 unspecified atom stereocenters. The molecule has 1 heterocycles. The first-order valence-electron chi connectivity index (χ1n) is 6.27. The van der Waals surface area contributed by atoms with Crippen molar-refractivity contribution < 1.29 is 0 Å². The first kappa shape index (κ1) is 12.9. The minimum Gasteiger partial charge on any atom is -0.288 e. The van der Waals surface area contributed by atoms with E-state index in [1.54, 1.807) is 4.68 Å². The fourth-order valence-electron chi connectivity index (χ4n) is 2.25. The van der Waals surface area contributed by atoms with Crippen LogP contribution in [0.5, 0.6) is 0 Å². The van der Waals surface area contributed by atoms with Gasteiger partial charge < -0.3 is 0 Å². The van der Waals surface area contributed by atoms with Gasteiger partial charge in [0.2, 0.25) is 0 Å². The first-order chi connectivity index (χ1) is 9.66. The Balaban J connectivity index is 2.17. The second-order valence-electron chi connectivity index (χ2n) is 4.58. The predicted octanol–water partition coefficient (Wildman–Crippen LogP) is 3.61. The molecular formula is C16H13BrN2O. The van der Waals surface area contributed by atoms with Crippen molar-refractivity contribution in [2.24, 2.45) is 7.05 Å². The molecule has 0 radical (unpaired) electrons. The Kier molecular flexibility index (Phi) is 3.32. The summed E-state index contributed by atoms with van der Waals surface area (Å²) in [6, 6.07) is 17.4. The summed E-state index contributed by atoms with van der Waals surface area (Å²) in [5.74, 6) is 0. The zero-order valence-corrected chi connectivity index (χ0v) is 12.5. The largest absolute Gasteiger partial charge is 0.288 e. The topological polar surface area (TPSA) is 26.9 Å². The van der Waals surface area contributed by atoms with Gasteiger partial charge in [0.25, 0.3) is 5.56 Å². The van der Waals surface area contributed by atoms with Gasteiger partial charge in [-0.25, -0.2) is 4.68 Å². The Morgan fingerprint density at radius 2 is 1.60 bits per heavy atom. The van der Waals surface area contributed by atoms with E-state index in [9.17, 15) is 4.79 Å². The number of hydrogen-bond donors (Lipinski definition) is 0. The van der Waals surface area contributed by atoms with Crippen LogP contribution in [-0.4, -0.2) is 9.36 Å². The lowest BCUT2D eigenvalue weighted by atomic mass is 10.1. The maximum absolute atomic E-state index is 12.6. The zero-order chi connectivity index (χ0) is 14.1. The van der Waals surface area contributed by atoms with Gasteiger partial charge in [0, 0.05) is 17.7 Å². The molecule has 0 fully saturated rings. The predicted molar refractivity (Wildman–Crippen MR) is 84.1 cm³/mol. The van der Waals surface area contributed by atoms with Crippen molar-refractivity contribution in [3.63, 3.8) is 0 Å². The lowest BCUT2D eigenvalue weighted by molar-refractivity contribution is 0.646. The van der Waals surface area contributed by atoms with Crippen molar-refractivity contribution in [2.45, 2.75) is 0 Å². The van der Waals surface area contributed by atoms with Crippen LogP contribution in [0.25, 0.3) is 16.8 Å². The van der Waals surface area contributed by atoms with Crippen LogP contribution in [-0.2, 0) is 7.05 Å². The van der Waals surface area contributed by atoms with Crippen molar-refractivity contribution in [1.29, 1.82) is 0 Å². The van der Waals surface area contributed by atoms with Crippen LogP contribution >= 0.6 is 15.9 Å². The van der Waals surface area contributed by atoms with Gasteiger partial charge in [-0.1, -0.05) is 46.3 Å².